The molecule has 0 bridgehead atoms. The van der Waals surface area contributed by atoms with E-state index in [1.54, 1.807) is 32.8 Å². The first-order valence-corrected chi connectivity index (χ1v) is 15.2. The molecule has 0 radical (unpaired) electrons. The summed E-state index contributed by atoms with van der Waals surface area (Å²) in [5, 5.41) is 59.0. The van der Waals surface area contributed by atoms with E-state index in [9.17, 15) is 39.5 Å². The maximum Gasteiger partial charge on any atom is 0.263 e. The Balaban J connectivity index is 0.000000199. The van der Waals surface area contributed by atoms with E-state index in [1.807, 2.05) is 0 Å². The highest BCUT2D eigenvalue weighted by Gasteiger charge is 2.56. The maximum absolute atomic E-state index is 14.3. The van der Waals surface area contributed by atoms with E-state index >= 15 is 0 Å². The van der Waals surface area contributed by atoms with Crippen LogP contribution < -0.4 is 17.2 Å². The molecule has 276 valence electrons. The zero-order valence-corrected chi connectivity index (χ0v) is 27.7. The molecule has 2 amide bonds. The topological polar surface area (TPSA) is 329 Å². The fourth-order valence-electron chi connectivity index (χ4n) is 5.76. The number of hydrogen-bond acceptors (Lipinski definition) is 16. The van der Waals surface area contributed by atoms with Crippen molar-refractivity contribution >= 4 is 51.9 Å². The molecule has 51 heavy (non-hydrogen) atoms. The van der Waals surface area contributed by atoms with Gasteiger partial charge in [0.25, 0.3) is 17.7 Å². The summed E-state index contributed by atoms with van der Waals surface area (Å²) in [4.78, 5) is 46.3. The van der Waals surface area contributed by atoms with Crippen molar-refractivity contribution in [3.05, 3.63) is 35.2 Å². The summed E-state index contributed by atoms with van der Waals surface area (Å²) in [5.41, 5.74) is 17.0. The lowest BCUT2D eigenvalue weighted by Crippen LogP contribution is -2.42. The average molecular weight is 720 g/mol. The van der Waals surface area contributed by atoms with Crippen LogP contribution in [-0.4, -0.2) is 146 Å². The van der Waals surface area contributed by atoms with Gasteiger partial charge in [-0.25, -0.2) is 29.3 Å². The molecule has 6 heterocycles. The summed E-state index contributed by atoms with van der Waals surface area (Å²) in [5.74, 6) is -3.55. The molecule has 12 N–H and O–H groups in total. The number of hydrogen-bond donors (Lipinski definition) is 9. The van der Waals surface area contributed by atoms with Crippen molar-refractivity contribution in [2.45, 2.75) is 62.7 Å². The van der Waals surface area contributed by atoms with Crippen LogP contribution in [-0.2, 0) is 9.47 Å². The summed E-state index contributed by atoms with van der Waals surface area (Å²) in [6.07, 6.45) is -5.74. The Hall–Kier alpha value is -4.94. The van der Waals surface area contributed by atoms with Crippen molar-refractivity contribution < 1.29 is 54.1 Å². The number of aliphatic hydroxyl groups is 6. The lowest BCUT2D eigenvalue weighted by molar-refractivity contribution is -0.206. The maximum atomic E-state index is 14.3. The van der Waals surface area contributed by atoms with E-state index in [0.29, 0.717) is 11.2 Å². The first-order chi connectivity index (χ1) is 23.9. The molecule has 2 saturated heterocycles. The van der Waals surface area contributed by atoms with Gasteiger partial charge < -0.3 is 71.3 Å². The Morgan fingerprint density at radius 1 is 0.922 bits per heavy atom. The van der Waals surface area contributed by atoms with Gasteiger partial charge in [-0.05, 0) is 13.8 Å². The predicted molar refractivity (Wildman–Crippen MR) is 174 cm³/mol. The third kappa shape index (κ3) is 6.65. The van der Waals surface area contributed by atoms with Crippen LogP contribution in [0.3, 0.4) is 0 Å². The Morgan fingerprint density at radius 2 is 1.47 bits per heavy atom. The van der Waals surface area contributed by atoms with Crippen LogP contribution in [0.1, 0.15) is 44.8 Å². The number of alkyl halides is 1. The van der Waals surface area contributed by atoms with Crippen LogP contribution in [0.4, 0.5) is 16.0 Å². The largest absolute Gasteiger partial charge is 0.394 e. The minimum atomic E-state index is -2.86. The van der Waals surface area contributed by atoms with E-state index in [0.717, 1.165) is 4.57 Å². The summed E-state index contributed by atoms with van der Waals surface area (Å²) in [7, 11) is 3.57. The number of primary amides is 2. The number of anilines is 1. The van der Waals surface area contributed by atoms with Gasteiger partial charge in [0, 0.05) is 26.5 Å². The zero-order chi connectivity index (χ0) is 37.7. The van der Waals surface area contributed by atoms with Crippen molar-refractivity contribution in [2.24, 2.45) is 16.5 Å². The third-order valence-corrected chi connectivity index (χ3v) is 8.17. The second kappa shape index (κ2) is 14.0. The minimum Gasteiger partial charge on any atom is -0.394 e. The van der Waals surface area contributed by atoms with Gasteiger partial charge in [0.15, 0.2) is 18.3 Å². The Labute approximate surface area is 287 Å². The molecule has 22 heteroatoms. The summed E-state index contributed by atoms with van der Waals surface area (Å²) in [6, 6.07) is 0. The molecule has 2 aliphatic rings. The van der Waals surface area contributed by atoms with Gasteiger partial charge in [0.05, 0.1) is 34.8 Å². The van der Waals surface area contributed by atoms with Crippen LogP contribution >= 0.6 is 0 Å². The number of ether oxygens (including phenoxy) is 2. The van der Waals surface area contributed by atoms with E-state index < -0.39 is 73.9 Å². The standard InChI is InChI=1S/C16H22N6O5.C13H16FN5O5/c1-7-19-14(18-6-21(2)3)10-8(13(17)26)4-22(15(10)20-7)16-12(25)11(24)9(5-23)27-16;1-4-17-9(15)6-5(10(16)23)2-19(11(6)18-4)12-7(21)8(22)13(14,3-20)24-12/h4,6,9,11-12,16,23-25H,5H2,1-3H3,(H2,17,26);2,7-8,12,20-22H,3H2,1H3,(H2,16,23)(H2,15,17,18)/t9-,11-,12-,16-;7-,8+,12-,13-/m11/s1. The Morgan fingerprint density at radius 3 is 1.98 bits per heavy atom. The molecule has 0 spiro atoms. The Bertz CT molecular complexity index is 2000. The average Bonchev–Trinajstić information content (AvgIpc) is 3.78. The number of nitrogens with zero attached hydrogens (tertiary/aromatic N) is 8. The molecule has 2 fully saturated rings. The molecule has 0 unspecified atom stereocenters. The molecular weight excluding hydrogens is 681 g/mol. The second-order valence-corrected chi connectivity index (χ2v) is 12.1. The number of carbonyl (C=O) groups is 2. The lowest BCUT2D eigenvalue weighted by atomic mass is 10.1. The quantitative estimate of drug-likeness (QED) is 0.0647. The number of rotatable bonds is 8. The molecule has 0 aromatic carbocycles. The summed E-state index contributed by atoms with van der Waals surface area (Å²) < 4.78 is 27.4. The van der Waals surface area contributed by atoms with Gasteiger partial charge in [0.2, 0.25) is 0 Å². The number of fused-ring (bicyclic) bond motifs is 2. The van der Waals surface area contributed by atoms with Crippen molar-refractivity contribution in [2.75, 3.05) is 33.0 Å². The van der Waals surface area contributed by atoms with Crippen molar-refractivity contribution in [1.29, 1.82) is 0 Å². The number of aryl methyl sites for hydroxylation is 2. The smallest absolute Gasteiger partial charge is 0.263 e. The van der Waals surface area contributed by atoms with Crippen molar-refractivity contribution in [3.63, 3.8) is 0 Å². The lowest BCUT2D eigenvalue weighted by Gasteiger charge is -2.20. The molecule has 0 aliphatic carbocycles. The SMILES string of the molecule is Cc1nc(N)c2c(C(N)=O)cn([C@@H]3O[C@](F)(CO)[C@@H](O)[C@H]3O)c2n1.Cc1nc(N=CN(C)C)c2c(C(N)=O)cn([C@@H]3O[C@H](CO)[C@@H](O)[C@H]3O)c2n1. The molecule has 4 aromatic rings. The third-order valence-electron chi connectivity index (χ3n) is 8.17. The highest BCUT2D eigenvalue weighted by Crippen LogP contribution is 2.41. The van der Waals surface area contributed by atoms with Crippen LogP contribution in [0.2, 0.25) is 0 Å². The van der Waals surface area contributed by atoms with Crippen LogP contribution in [0.25, 0.3) is 22.1 Å². The summed E-state index contributed by atoms with van der Waals surface area (Å²) >= 11 is 0. The highest BCUT2D eigenvalue weighted by atomic mass is 19.2. The van der Waals surface area contributed by atoms with Gasteiger partial charge in [0.1, 0.15) is 65.9 Å². The van der Waals surface area contributed by atoms with Gasteiger partial charge in [-0.3, -0.25) is 9.59 Å². The molecule has 0 saturated carbocycles. The van der Waals surface area contributed by atoms with Crippen LogP contribution in [0.5, 0.6) is 0 Å². The molecular formula is C29H38FN11O10. The monoisotopic (exact) mass is 719 g/mol. The fourth-order valence-corrected chi connectivity index (χ4v) is 5.76. The van der Waals surface area contributed by atoms with Crippen molar-refractivity contribution in [1.82, 2.24) is 34.0 Å². The fraction of sp³-hybridized carbons (Fsp3) is 0.483. The number of carbonyl (C=O) groups excluding carboxylic acids is 2. The molecule has 4 aromatic heterocycles. The minimum absolute atomic E-state index is 0.0215. The Kier molecular flexibility index (Phi) is 10.2. The molecule has 6 rings (SSSR count). The van der Waals surface area contributed by atoms with Crippen molar-refractivity contribution in [3.8, 4) is 0 Å². The number of nitrogens with two attached hydrogens (primary N) is 3. The van der Waals surface area contributed by atoms with Crippen LogP contribution in [0.15, 0.2) is 17.4 Å². The normalized spacial score (nSPS) is 27.7. The summed E-state index contributed by atoms with van der Waals surface area (Å²) in [6.45, 7) is 1.57. The first kappa shape index (κ1) is 37.3. The van der Waals surface area contributed by atoms with Crippen LogP contribution in [0, 0.1) is 13.8 Å². The zero-order valence-electron chi connectivity index (χ0n) is 27.7. The van der Waals surface area contributed by atoms with E-state index in [4.69, 9.17) is 31.8 Å². The van der Waals surface area contributed by atoms with E-state index in [-0.39, 0.29) is 45.3 Å². The molecule has 21 nitrogen and oxygen atoms in total. The number of aromatic nitrogens is 6. The highest BCUT2D eigenvalue weighted by molar-refractivity contribution is 6.09. The first-order valence-electron chi connectivity index (χ1n) is 15.2. The number of amides is 2. The van der Waals surface area contributed by atoms with Gasteiger partial charge >= 0.3 is 0 Å². The van der Waals surface area contributed by atoms with E-state index in [1.165, 1.54) is 23.3 Å². The molecule has 2 aliphatic heterocycles. The number of halogens is 1. The van der Waals surface area contributed by atoms with Gasteiger partial charge in [-0.15, -0.1) is 0 Å². The van der Waals surface area contributed by atoms with Gasteiger partial charge in [-0.1, -0.05) is 0 Å². The second-order valence-electron chi connectivity index (χ2n) is 12.1. The van der Waals surface area contributed by atoms with E-state index in [2.05, 4.69) is 24.9 Å². The number of nitrogen functional groups attached to an aromatic ring is 1. The molecule has 8 atom stereocenters. The predicted octanol–water partition coefficient (Wildman–Crippen LogP) is -3.00. The number of aliphatic imine (C=N–C) groups is 1. The number of aliphatic hydroxyl groups excluding tert-OH is 6. The van der Waals surface area contributed by atoms with Gasteiger partial charge in [-0.2, -0.15) is 0 Å².